The Bertz CT molecular complexity index is 668. The van der Waals surface area contributed by atoms with Crippen molar-refractivity contribution in [3.05, 3.63) is 38.2 Å². The summed E-state index contributed by atoms with van der Waals surface area (Å²) >= 11 is 9.00. The van der Waals surface area contributed by atoms with Crippen molar-refractivity contribution in [1.29, 1.82) is 0 Å². The van der Waals surface area contributed by atoms with Gasteiger partial charge in [-0.3, -0.25) is 9.59 Å². The van der Waals surface area contributed by atoms with E-state index in [0.29, 0.717) is 20.4 Å². The number of fused-ring (bicyclic) bond motifs is 1. The number of halogens is 2. The van der Waals surface area contributed by atoms with Gasteiger partial charge in [-0.2, -0.15) is 5.10 Å². The van der Waals surface area contributed by atoms with Crippen LogP contribution in [0.1, 0.15) is 0 Å². The zero-order chi connectivity index (χ0) is 12.6. The van der Waals surface area contributed by atoms with Gasteiger partial charge in [0.25, 0.3) is 5.56 Å². The van der Waals surface area contributed by atoms with Crippen molar-refractivity contribution in [2.45, 2.75) is 6.54 Å². The molecule has 1 N–H and O–H groups in total. The Morgan fingerprint density at radius 1 is 1.47 bits per heavy atom. The third kappa shape index (κ3) is 2.32. The predicted octanol–water partition coefficient (Wildman–Crippen LogP) is 1.90. The molecule has 1 heterocycles. The van der Waals surface area contributed by atoms with Crippen molar-refractivity contribution in [2.24, 2.45) is 0 Å². The summed E-state index contributed by atoms with van der Waals surface area (Å²) in [5.74, 6) is -1.13. The molecule has 0 fully saturated rings. The van der Waals surface area contributed by atoms with Gasteiger partial charge in [-0.05, 0) is 34.1 Å². The van der Waals surface area contributed by atoms with Gasteiger partial charge in [-0.25, -0.2) is 4.68 Å². The lowest BCUT2D eigenvalue weighted by Crippen LogP contribution is -2.26. The smallest absolute Gasteiger partial charge is 0.325 e. The number of rotatable bonds is 2. The first-order chi connectivity index (χ1) is 7.99. The molecule has 5 nitrogen and oxygen atoms in total. The maximum Gasteiger partial charge on any atom is 0.325 e. The van der Waals surface area contributed by atoms with Crippen LogP contribution in [-0.2, 0) is 11.3 Å². The maximum atomic E-state index is 11.9. The van der Waals surface area contributed by atoms with E-state index in [1.807, 2.05) is 0 Å². The second kappa shape index (κ2) is 4.46. The van der Waals surface area contributed by atoms with E-state index < -0.39 is 18.1 Å². The molecule has 0 aliphatic carbocycles. The Kier molecular flexibility index (Phi) is 3.17. The summed E-state index contributed by atoms with van der Waals surface area (Å²) in [6, 6.07) is 4.72. The SMILES string of the molecule is O=C(O)Cn1nc(Br)c2cc(Cl)ccc2c1=O. The number of carboxylic acids is 1. The number of hydrogen-bond acceptors (Lipinski definition) is 3. The molecular weight excluding hydrogens is 311 g/mol. The monoisotopic (exact) mass is 316 g/mol. The van der Waals surface area contributed by atoms with E-state index in [2.05, 4.69) is 21.0 Å². The molecule has 0 amide bonds. The Labute approximate surface area is 109 Å². The molecule has 0 radical (unpaired) electrons. The molecule has 1 aromatic heterocycles. The molecule has 88 valence electrons. The lowest BCUT2D eigenvalue weighted by Gasteiger charge is -2.05. The third-order valence-corrected chi connectivity index (χ3v) is 2.98. The topological polar surface area (TPSA) is 72.2 Å². The summed E-state index contributed by atoms with van der Waals surface area (Å²) in [5.41, 5.74) is -0.456. The molecule has 0 spiro atoms. The van der Waals surface area contributed by atoms with Crippen LogP contribution < -0.4 is 5.56 Å². The van der Waals surface area contributed by atoms with E-state index in [4.69, 9.17) is 16.7 Å². The normalized spacial score (nSPS) is 10.7. The molecule has 0 saturated carbocycles. The third-order valence-electron chi connectivity index (χ3n) is 2.16. The fraction of sp³-hybridized carbons (Fsp3) is 0.100. The molecule has 2 rings (SSSR count). The van der Waals surface area contributed by atoms with Crippen LogP contribution in [0.25, 0.3) is 10.8 Å². The number of carbonyl (C=O) groups is 1. The van der Waals surface area contributed by atoms with Crippen LogP contribution in [0.4, 0.5) is 0 Å². The van der Waals surface area contributed by atoms with Gasteiger partial charge in [-0.15, -0.1) is 0 Å². The van der Waals surface area contributed by atoms with Crippen LogP contribution in [0.15, 0.2) is 27.6 Å². The molecule has 0 bridgehead atoms. The van der Waals surface area contributed by atoms with Crippen molar-refractivity contribution in [2.75, 3.05) is 0 Å². The van der Waals surface area contributed by atoms with Gasteiger partial charge in [-0.1, -0.05) is 11.6 Å². The average Bonchev–Trinajstić information content (AvgIpc) is 2.25. The molecule has 1 aromatic carbocycles. The zero-order valence-electron chi connectivity index (χ0n) is 8.35. The fourth-order valence-corrected chi connectivity index (χ4v) is 2.14. The van der Waals surface area contributed by atoms with Crippen molar-refractivity contribution in [3.63, 3.8) is 0 Å². The van der Waals surface area contributed by atoms with E-state index in [9.17, 15) is 9.59 Å². The summed E-state index contributed by atoms with van der Waals surface area (Å²) in [7, 11) is 0. The molecule has 2 aromatic rings. The highest BCUT2D eigenvalue weighted by molar-refractivity contribution is 9.10. The van der Waals surface area contributed by atoms with Crippen LogP contribution in [0.3, 0.4) is 0 Å². The highest BCUT2D eigenvalue weighted by Crippen LogP contribution is 2.22. The minimum atomic E-state index is -1.13. The highest BCUT2D eigenvalue weighted by Gasteiger charge is 2.11. The van der Waals surface area contributed by atoms with E-state index in [-0.39, 0.29) is 0 Å². The Hall–Kier alpha value is -1.40. The summed E-state index contributed by atoms with van der Waals surface area (Å²) in [4.78, 5) is 22.5. The largest absolute Gasteiger partial charge is 0.480 e. The van der Waals surface area contributed by atoms with Crippen LogP contribution in [-0.4, -0.2) is 20.9 Å². The quantitative estimate of drug-likeness (QED) is 0.918. The maximum absolute atomic E-state index is 11.9. The summed E-state index contributed by atoms with van der Waals surface area (Å²) in [6.45, 7) is -0.476. The fourth-order valence-electron chi connectivity index (χ4n) is 1.45. The minimum absolute atomic E-state index is 0.373. The molecule has 17 heavy (non-hydrogen) atoms. The number of carboxylic acid groups (broad SMARTS) is 1. The zero-order valence-corrected chi connectivity index (χ0v) is 10.7. The number of nitrogens with zero attached hydrogens (tertiary/aromatic N) is 2. The van der Waals surface area contributed by atoms with E-state index in [1.165, 1.54) is 0 Å². The van der Waals surface area contributed by atoms with Crippen molar-refractivity contribution in [3.8, 4) is 0 Å². The van der Waals surface area contributed by atoms with Gasteiger partial charge in [0.1, 0.15) is 11.1 Å². The number of benzene rings is 1. The first kappa shape index (κ1) is 12.1. The van der Waals surface area contributed by atoms with Gasteiger partial charge in [0, 0.05) is 10.4 Å². The van der Waals surface area contributed by atoms with Crippen LogP contribution in [0, 0.1) is 0 Å². The molecule has 0 aliphatic rings. The molecule has 0 saturated heterocycles. The highest BCUT2D eigenvalue weighted by atomic mass is 79.9. The molecule has 0 atom stereocenters. The van der Waals surface area contributed by atoms with Crippen molar-refractivity contribution >= 4 is 44.3 Å². The predicted molar refractivity (Wildman–Crippen MR) is 66.3 cm³/mol. The number of hydrogen-bond donors (Lipinski definition) is 1. The van der Waals surface area contributed by atoms with Gasteiger partial charge in [0.05, 0.1) is 5.39 Å². The standard InChI is InChI=1S/C10H6BrClN2O3/c11-9-7-3-5(12)1-2-6(7)10(17)14(13-9)4-8(15)16/h1-3H,4H2,(H,15,16). The van der Waals surface area contributed by atoms with E-state index in [1.54, 1.807) is 18.2 Å². The van der Waals surface area contributed by atoms with Crippen LogP contribution >= 0.6 is 27.5 Å². The lowest BCUT2D eigenvalue weighted by atomic mass is 10.2. The minimum Gasteiger partial charge on any atom is -0.480 e. The van der Waals surface area contributed by atoms with Gasteiger partial charge in [0.15, 0.2) is 0 Å². The Morgan fingerprint density at radius 2 is 2.18 bits per heavy atom. The van der Waals surface area contributed by atoms with Gasteiger partial charge < -0.3 is 5.11 Å². The van der Waals surface area contributed by atoms with Crippen molar-refractivity contribution in [1.82, 2.24) is 9.78 Å². The number of aliphatic carboxylic acids is 1. The second-order valence-electron chi connectivity index (χ2n) is 3.34. The Morgan fingerprint density at radius 3 is 2.82 bits per heavy atom. The summed E-state index contributed by atoms with van der Waals surface area (Å²) in [5, 5.41) is 13.9. The number of aromatic nitrogens is 2. The van der Waals surface area contributed by atoms with E-state index >= 15 is 0 Å². The molecular formula is C10H6BrClN2O3. The lowest BCUT2D eigenvalue weighted by molar-refractivity contribution is -0.138. The second-order valence-corrected chi connectivity index (χ2v) is 4.52. The van der Waals surface area contributed by atoms with E-state index in [0.717, 1.165) is 4.68 Å². The average molecular weight is 318 g/mol. The van der Waals surface area contributed by atoms with Gasteiger partial charge in [0.2, 0.25) is 0 Å². The van der Waals surface area contributed by atoms with Crippen LogP contribution in [0.2, 0.25) is 5.02 Å². The molecule has 0 unspecified atom stereocenters. The molecule has 7 heteroatoms. The van der Waals surface area contributed by atoms with Gasteiger partial charge >= 0.3 is 5.97 Å². The summed E-state index contributed by atoms with van der Waals surface area (Å²) < 4.78 is 1.28. The van der Waals surface area contributed by atoms with Crippen molar-refractivity contribution < 1.29 is 9.90 Å². The summed E-state index contributed by atoms with van der Waals surface area (Å²) in [6.07, 6.45) is 0. The molecule has 0 aliphatic heterocycles. The Balaban J connectivity index is 2.76. The first-order valence-corrected chi connectivity index (χ1v) is 5.74. The van der Waals surface area contributed by atoms with Crippen LogP contribution in [0.5, 0.6) is 0 Å². The first-order valence-electron chi connectivity index (χ1n) is 4.56.